The van der Waals surface area contributed by atoms with Crippen molar-refractivity contribution >= 4 is 11.6 Å². The van der Waals surface area contributed by atoms with Gasteiger partial charge in [0.1, 0.15) is 17.3 Å². The van der Waals surface area contributed by atoms with Gasteiger partial charge in [-0.25, -0.2) is 13.5 Å². The van der Waals surface area contributed by atoms with Crippen molar-refractivity contribution in [1.82, 2.24) is 15.0 Å². The first-order chi connectivity index (χ1) is 8.60. The van der Waals surface area contributed by atoms with Gasteiger partial charge >= 0.3 is 0 Å². The fraction of sp³-hybridized carbons (Fsp3) is 0.333. The second kappa shape index (κ2) is 5.44. The summed E-state index contributed by atoms with van der Waals surface area (Å²) in [6.07, 6.45) is 2.41. The molecule has 1 aromatic heterocycles. The summed E-state index contributed by atoms with van der Waals surface area (Å²) in [4.78, 5) is 0. The lowest BCUT2D eigenvalue weighted by Gasteiger charge is -2.03. The minimum absolute atomic E-state index is 0.197. The van der Waals surface area contributed by atoms with Gasteiger partial charge in [-0.2, -0.15) is 0 Å². The Morgan fingerprint density at radius 1 is 1.39 bits per heavy atom. The average molecular weight is 272 g/mol. The molecule has 0 saturated carbocycles. The van der Waals surface area contributed by atoms with E-state index in [9.17, 15) is 8.78 Å². The van der Waals surface area contributed by atoms with Gasteiger partial charge in [-0.1, -0.05) is 18.2 Å². The number of hydrogen-bond acceptors (Lipinski definition) is 2. The molecule has 18 heavy (non-hydrogen) atoms. The standard InChI is InChI=1S/C12H12ClF2N3/c1-2-10(13)12-7-18(17-16-12)6-8-3-4-9(14)5-11(8)15/h3-5,7,10H,2,6H2,1H3. The summed E-state index contributed by atoms with van der Waals surface area (Å²) in [7, 11) is 0. The van der Waals surface area contributed by atoms with Crippen LogP contribution in [0.5, 0.6) is 0 Å². The zero-order valence-corrected chi connectivity index (χ0v) is 10.5. The Morgan fingerprint density at radius 3 is 2.83 bits per heavy atom. The molecule has 0 spiro atoms. The van der Waals surface area contributed by atoms with Gasteiger partial charge < -0.3 is 0 Å². The molecule has 3 nitrogen and oxygen atoms in total. The van der Waals surface area contributed by atoms with Crippen LogP contribution in [0, 0.1) is 11.6 Å². The first-order valence-corrected chi connectivity index (χ1v) is 6.01. The predicted octanol–water partition coefficient (Wildman–Crippen LogP) is 3.29. The van der Waals surface area contributed by atoms with Crippen LogP contribution in [0.1, 0.15) is 30.0 Å². The molecule has 1 atom stereocenters. The van der Waals surface area contributed by atoms with Gasteiger partial charge in [0.15, 0.2) is 0 Å². The lowest BCUT2D eigenvalue weighted by molar-refractivity contribution is 0.554. The molecule has 1 unspecified atom stereocenters. The van der Waals surface area contributed by atoms with Crippen molar-refractivity contribution in [2.75, 3.05) is 0 Å². The summed E-state index contributed by atoms with van der Waals surface area (Å²) in [5.74, 6) is -1.19. The Labute approximate surface area is 108 Å². The van der Waals surface area contributed by atoms with E-state index in [1.165, 1.54) is 16.8 Å². The lowest BCUT2D eigenvalue weighted by atomic mass is 10.2. The monoisotopic (exact) mass is 271 g/mol. The number of halogens is 3. The quantitative estimate of drug-likeness (QED) is 0.799. The molecule has 0 aliphatic rings. The van der Waals surface area contributed by atoms with Crippen LogP contribution >= 0.6 is 11.6 Å². The van der Waals surface area contributed by atoms with Crippen LogP contribution in [-0.2, 0) is 6.54 Å². The number of nitrogens with zero attached hydrogens (tertiary/aromatic N) is 3. The van der Waals surface area contributed by atoms with Gasteiger partial charge in [-0.15, -0.1) is 16.7 Å². The minimum Gasteiger partial charge on any atom is -0.248 e. The first-order valence-electron chi connectivity index (χ1n) is 5.58. The van der Waals surface area contributed by atoms with E-state index in [1.807, 2.05) is 6.92 Å². The highest BCUT2D eigenvalue weighted by Crippen LogP contribution is 2.21. The molecule has 0 aliphatic carbocycles. The molecule has 0 saturated heterocycles. The van der Waals surface area contributed by atoms with Gasteiger partial charge in [-0.3, -0.25) is 0 Å². The lowest BCUT2D eigenvalue weighted by Crippen LogP contribution is -2.03. The van der Waals surface area contributed by atoms with Crippen LogP contribution in [0.3, 0.4) is 0 Å². The molecule has 0 bridgehead atoms. The van der Waals surface area contributed by atoms with Crippen LogP contribution in [0.4, 0.5) is 8.78 Å². The number of aromatic nitrogens is 3. The smallest absolute Gasteiger partial charge is 0.131 e. The van der Waals surface area contributed by atoms with E-state index in [0.717, 1.165) is 12.5 Å². The maximum Gasteiger partial charge on any atom is 0.131 e. The van der Waals surface area contributed by atoms with Crippen LogP contribution in [0.2, 0.25) is 0 Å². The van der Waals surface area contributed by atoms with Crippen molar-refractivity contribution in [2.45, 2.75) is 25.3 Å². The number of benzene rings is 1. The largest absolute Gasteiger partial charge is 0.248 e. The van der Waals surface area contributed by atoms with Crippen molar-refractivity contribution in [3.05, 3.63) is 47.3 Å². The molecular formula is C12H12ClF2N3. The number of alkyl halides is 1. The van der Waals surface area contributed by atoms with Gasteiger partial charge in [0.25, 0.3) is 0 Å². The maximum absolute atomic E-state index is 13.4. The Balaban J connectivity index is 2.16. The van der Waals surface area contributed by atoms with Crippen LogP contribution in [0.15, 0.2) is 24.4 Å². The third kappa shape index (κ3) is 2.85. The summed E-state index contributed by atoms with van der Waals surface area (Å²) in [5.41, 5.74) is 1.01. The molecule has 0 amide bonds. The Kier molecular flexibility index (Phi) is 3.91. The number of hydrogen-bond donors (Lipinski definition) is 0. The van der Waals surface area contributed by atoms with Gasteiger partial charge in [0, 0.05) is 11.6 Å². The highest BCUT2D eigenvalue weighted by Gasteiger charge is 2.11. The van der Waals surface area contributed by atoms with Crippen LogP contribution in [0.25, 0.3) is 0 Å². The van der Waals surface area contributed by atoms with Crippen molar-refractivity contribution in [3.63, 3.8) is 0 Å². The molecule has 0 fully saturated rings. The van der Waals surface area contributed by atoms with E-state index < -0.39 is 11.6 Å². The van der Waals surface area contributed by atoms with E-state index >= 15 is 0 Å². The molecule has 2 rings (SSSR count). The molecule has 96 valence electrons. The molecular weight excluding hydrogens is 260 g/mol. The molecule has 1 heterocycles. The molecule has 0 aliphatic heterocycles. The minimum atomic E-state index is -0.595. The molecule has 1 aromatic carbocycles. The second-order valence-electron chi connectivity index (χ2n) is 3.95. The summed E-state index contributed by atoms with van der Waals surface area (Å²) in [5, 5.41) is 7.58. The first kappa shape index (κ1) is 13.0. The van der Waals surface area contributed by atoms with E-state index in [0.29, 0.717) is 11.3 Å². The highest BCUT2D eigenvalue weighted by molar-refractivity contribution is 6.20. The summed E-state index contributed by atoms with van der Waals surface area (Å²) >= 11 is 6.02. The fourth-order valence-corrected chi connectivity index (χ4v) is 1.67. The van der Waals surface area contributed by atoms with Gasteiger partial charge in [0.2, 0.25) is 0 Å². The Morgan fingerprint density at radius 2 is 2.17 bits per heavy atom. The zero-order chi connectivity index (χ0) is 13.1. The van der Waals surface area contributed by atoms with Crippen molar-refractivity contribution in [1.29, 1.82) is 0 Å². The van der Waals surface area contributed by atoms with Crippen LogP contribution < -0.4 is 0 Å². The third-order valence-electron chi connectivity index (χ3n) is 2.58. The zero-order valence-electron chi connectivity index (χ0n) is 9.78. The average Bonchev–Trinajstić information content (AvgIpc) is 2.80. The normalized spacial score (nSPS) is 12.7. The van der Waals surface area contributed by atoms with E-state index in [2.05, 4.69) is 10.3 Å². The third-order valence-corrected chi connectivity index (χ3v) is 3.12. The van der Waals surface area contributed by atoms with Gasteiger partial charge in [-0.05, 0) is 12.5 Å². The molecule has 6 heteroatoms. The predicted molar refractivity (Wildman–Crippen MR) is 64.4 cm³/mol. The molecule has 0 N–H and O–H groups in total. The summed E-state index contributed by atoms with van der Waals surface area (Å²) in [6.45, 7) is 2.14. The highest BCUT2D eigenvalue weighted by atomic mass is 35.5. The fourth-order valence-electron chi connectivity index (χ4n) is 1.57. The van der Waals surface area contributed by atoms with Crippen molar-refractivity contribution in [2.24, 2.45) is 0 Å². The molecule has 2 aromatic rings. The van der Waals surface area contributed by atoms with Crippen molar-refractivity contribution < 1.29 is 8.78 Å². The maximum atomic E-state index is 13.4. The van der Waals surface area contributed by atoms with E-state index in [4.69, 9.17) is 11.6 Å². The SMILES string of the molecule is CCC(Cl)c1cn(Cc2ccc(F)cc2F)nn1. The Hall–Kier alpha value is -1.49. The topological polar surface area (TPSA) is 30.7 Å². The van der Waals surface area contributed by atoms with Gasteiger partial charge in [0.05, 0.1) is 18.1 Å². The van der Waals surface area contributed by atoms with Crippen LogP contribution in [-0.4, -0.2) is 15.0 Å². The Bertz CT molecular complexity index is 542. The summed E-state index contributed by atoms with van der Waals surface area (Å²) < 4.78 is 27.7. The number of rotatable bonds is 4. The van der Waals surface area contributed by atoms with Crippen molar-refractivity contribution in [3.8, 4) is 0 Å². The van der Waals surface area contributed by atoms with E-state index in [-0.39, 0.29) is 11.9 Å². The second-order valence-corrected chi connectivity index (χ2v) is 4.48. The summed E-state index contributed by atoms with van der Waals surface area (Å²) in [6, 6.07) is 3.46. The molecule has 0 radical (unpaired) electrons. The van der Waals surface area contributed by atoms with E-state index in [1.54, 1.807) is 6.20 Å².